The van der Waals surface area contributed by atoms with Crippen molar-refractivity contribution in [3.63, 3.8) is 0 Å². The molecule has 1 aromatic carbocycles. The molecule has 0 unspecified atom stereocenters. The largest absolute Gasteiger partial charge is 0.326 e. The monoisotopic (exact) mass is 189 g/mol. The van der Waals surface area contributed by atoms with Gasteiger partial charge in [0.2, 0.25) is 5.91 Å². The number of anilines is 1. The predicted octanol–water partition coefficient (Wildman–Crippen LogP) is 2.44. The van der Waals surface area contributed by atoms with Crippen molar-refractivity contribution in [2.75, 3.05) is 5.32 Å². The topological polar surface area (TPSA) is 29.1 Å². The van der Waals surface area contributed by atoms with E-state index < -0.39 is 0 Å². The van der Waals surface area contributed by atoms with Gasteiger partial charge in [-0.2, -0.15) is 0 Å². The van der Waals surface area contributed by atoms with Crippen LogP contribution in [0.25, 0.3) is 0 Å². The summed E-state index contributed by atoms with van der Waals surface area (Å²) in [5, 5.41) is 2.89. The van der Waals surface area contributed by atoms with Crippen molar-refractivity contribution in [1.82, 2.24) is 0 Å². The molecule has 0 spiro atoms. The van der Waals surface area contributed by atoms with Crippen LogP contribution in [0.2, 0.25) is 0 Å². The number of nitrogens with one attached hydrogen (secondary N) is 1. The molecule has 1 aliphatic rings. The second kappa shape index (κ2) is 3.45. The van der Waals surface area contributed by atoms with Crippen LogP contribution >= 0.6 is 0 Å². The van der Waals surface area contributed by atoms with Gasteiger partial charge in [-0.25, -0.2) is 0 Å². The number of hydrogen-bond acceptors (Lipinski definition) is 1. The lowest BCUT2D eigenvalue weighted by molar-refractivity contribution is -0.114. The molecule has 1 aliphatic carbocycles. The minimum Gasteiger partial charge on any atom is -0.326 e. The summed E-state index contributed by atoms with van der Waals surface area (Å²) in [5.74, 6) is 0.0166. The number of rotatable bonds is 1. The summed E-state index contributed by atoms with van der Waals surface area (Å²) >= 11 is 0. The van der Waals surface area contributed by atoms with Gasteiger partial charge in [0.1, 0.15) is 0 Å². The average molecular weight is 189 g/mol. The molecule has 0 saturated heterocycles. The van der Waals surface area contributed by atoms with Crippen molar-refractivity contribution in [3.05, 3.63) is 28.8 Å². The first-order valence-corrected chi connectivity index (χ1v) is 5.07. The molecule has 0 atom stereocenters. The lowest BCUT2D eigenvalue weighted by Crippen LogP contribution is -2.08. The van der Waals surface area contributed by atoms with Crippen LogP contribution in [0.15, 0.2) is 12.1 Å². The molecule has 0 bridgehead atoms. The Labute approximate surface area is 84.3 Å². The molecule has 2 nitrogen and oxygen atoms in total. The van der Waals surface area contributed by atoms with Crippen LogP contribution < -0.4 is 5.32 Å². The quantitative estimate of drug-likeness (QED) is 0.722. The van der Waals surface area contributed by atoms with Gasteiger partial charge >= 0.3 is 0 Å². The van der Waals surface area contributed by atoms with E-state index in [2.05, 4.69) is 18.3 Å². The maximum Gasteiger partial charge on any atom is 0.221 e. The predicted molar refractivity (Wildman–Crippen MR) is 57.5 cm³/mol. The third-order valence-corrected chi connectivity index (χ3v) is 2.83. The maximum atomic E-state index is 11.0. The summed E-state index contributed by atoms with van der Waals surface area (Å²) in [4.78, 5) is 11.0. The van der Waals surface area contributed by atoms with Gasteiger partial charge in [0, 0.05) is 12.6 Å². The first-order valence-electron chi connectivity index (χ1n) is 5.07. The van der Waals surface area contributed by atoms with Crippen molar-refractivity contribution in [2.24, 2.45) is 0 Å². The molecule has 1 N–H and O–H groups in total. The molecular formula is C12H15NO. The normalized spacial score (nSPS) is 13.9. The minimum atomic E-state index is 0.0166. The van der Waals surface area contributed by atoms with E-state index >= 15 is 0 Å². The molecule has 0 heterocycles. The maximum absolute atomic E-state index is 11.0. The fourth-order valence-corrected chi connectivity index (χ4v) is 2.19. The van der Waals surface area contributed by atoms with Gasteiger partial charge < -0.3 is 5.32 Å². The van der Waals surface area contributed by atoms with Crippen LogP contribution in [0, 0.1) is 6.92 Å². The molecule has 1 aromatic rings. The molecule has 14 heavy (non-hydrogen) atoms. The first-order chi connectivity index (χ1) is 6.68. The van der Waals surface area contributed by atoms with E-state index in [1.54, 1.807) is 6.92 Å². The summed E-state index contributed by atoms with van der Waals surface area (Å²) in [6.07, 6.45) is 3.48. The first kappa shape index (κ1) is 9.25. The summed E-state index contributed by atoms with van der Waals surface area (Å²) in [5.41, 5.74) is 5.15. The van der Waals surface area contributed by atoms with Crippen molar-refractivity contribution in [1.29, 1.82) is 0 Å². The highest BCUT2D eigenvalue weighted by Gasteiger charge is 2.16. The van der Waals surface area contributed by atoms with Gasteiger partial charge in [0.25, 0.3) is 0 Å². The molecule has 0 aromatic heterocycles. The zero-order chi connectivity index (χ0) is 10.1. The second-order valence-electron chi connectivity index (χ2n) is 3.92. The number of amides is 1. The molecule has 0 fully saturated rings. The van der Waals surface area contributed by atoms with Gasteiger partial charge in [0.15, 0.2) is 0 Å². The van der Waals surface area contributed by atoms with Crippen LogP contribution in [0.5, 0.6) is 0 Å². The highest BCUT2D eigenvalue weighted by atomic mass is 16.1. The van der Waals surface area contributed by atoms with E-state index in [9.17, 15) is 4.79 Å². The van der Waals surface area contributed by atoms with Gasteiger partial charge in [0.05, 0.1) is 0 Å². The smallest absolute Gasteiger partial charge is 0.221 e. The molecule has 2 rings (SSSR count). The van der Waals surface area contributed by atoms with Crippen molar-refractivity contribution in [3.8, 4) is 0 Å². The molecular weight excluding hydrogens is 174 g/mol. The number of carbonyl (C=O) groups is 1. The van der Waals surface area contributed by atoms with E-state index in [-0.39, 0.29) is 5.91 Å². The third kappa shape index (κ3) is 1.52. The fraction of sp³-hybridized carbons (Fsp3) is 0.417. The van der Waals surface area contributed by atoms with Crippen LogP contribution in [0.4, 0.5) is 5.69 Å². The number of aryl methyl sites for hydroxylation is 1. The number of benzene rings is 1. The minimum absolute atomic E-state index is 0.0166. The molecule has 2 heteroatoms. The van der Waals surface area contributed by atoms with E-state index in [1.807, 2.05) is 6.07 Å². The summed E-state index contributed by atoms with van der Waals surface area (Å²) in [7, 11) is 0. The molecule has 1 amide bonds. The SMILES string of the molecule is CC(=O)Nc1ccc(C)c2c1CCC2. The number of carbonyl (C=O) groups excluding carboxylic acids is 1. The van der Waals surface area contributed by atoms with Crippen LogP contribution in [-0.4, -0.2) is 5.91 Å². The Morgan fingerprint density at radius 2 is 2.00 bits per heavy atom. The highest BCUT2D eigenvalue weighted by molar-refractivity contribution is 5.90. The fourth-order valence-electron chi connectivity index (χ4n) is 2.19. The third-order valence-electron chi connectivity index (χ3n) is 2.83. The van der Waals surface area contributed by atoms with Gasteiger partial charge in [-0.3, -0.25) is 4.79 Å². The Bertz CT molecular complexity index is 382. The Morgan fingerprint density at radius 1 is 1.29 bits per heavy atom. The molecule has 0 radical (unpaired) electrons. The van der Waals surface area contributed by atoms with Crippen LogP contribution in [0.3, 0.4) is 0 Å². The summed E-state index contributed by atoms with van der Waals surface area (Å²) in [6.45, 7) is 3.70. The van der Waals surface area contributed by atoms with Crippen molar-refractivity contribution < 1.29 is 4.79 Å². The van der Waals surface area contributed by atoms with E-state index in [0.29, 0.717) is 0 Å². The standard InChI is InChI=1S/C12H15NO/c1-8-6-7-12(13-9(2)14)11-5-3-4-10(8)11/h6-7H,3-5H2,1-2H3,(H,13,14). The van der Waals surface area contributed by atoms with Crippen LogP contribution in [-0.2, 0) is 17.6 Å². The second-order valence-corrected chi connectivity index (χ2v) is 3.92. The van der Waals surface area contributed by atoms with Crippen molar-refractivity contribution >= 4 is 11.6 Å². The van der Waals surface area contributed by atoms with E-state index in [0.717, 1.165) is 18.5 Å². The number of fused-ring (bicyclic) bond motifs is 1. The Kier molecular flexibility index (Phi) is 2.28. The van der Waals surface area contributed by atoms with Crippen molar-refractivity contribution in [2.45, 2.75) is 33.1 Å². The Morgan fingerprint density at radius 3 is 2.71 bits per heavy atom. The highest BCUT2D eigenvalue weighted by Crippen LogP contribution is 2.31. The zero-order valence-corrected chi connectivity index (χ0v) is 8.68. The van der Waals surface area contributed by atoms with Crippen LogP contribution in [0.1, 0.15) is 30.0 Å². The summed E-state index contributed by atoms with van der Waals surface area (Å²) < 4.78 is 0. The molecule has 0 aliphatic heterocycles. The molecule has 0 saturated carbocycles. The average Bonchev–Trinajstić information content (AvgIpc) is 2.58. The summed E-state index contributed by atoms with van der Waals surface area (Å²) in [6, 6.07) is 4.11. The van der Waals surface area contributed by atoms with E-state index in [4.69, 9.17) is 0 Å². The Balaban J connectivity index is 2.43. The Hall–Kier alpha value is -1.31. The number of hydrogen-bond donors (Lipinski definition) is 1. The zero-order valence-electron chi connectivity index (χ0n) is 8.68. The lowest BCUT2D eigenvalue weighted by Gasteiger charge is -2.10. The van der Waals surface area contributed by atoms with Gasteiger partial charge in [-0.1, -0.05) is 6.07 Å². The van der Waals surface area contributed by atoms with Gasteiger partial charge in [-0.05, 0) is 48.9 Å². The van der Waals surface area contributed by atoms with Gasteiger partial charge in [-0.15, -0.1) is 0 Å². The molecule has 74 valence electrons. The lowest BCUT2D eigenvalue weighted by atomic mass is 10.0. The van der Waals surface area contributed by atoms with E-state index in [1.165, 1.54) is 23.1 Å².